The molecule has 0 aliphatic heterocycles. The van der Waals surface area contributed by atoms with E-state index >= 15 is 0 Å². The number of nitrogens with zero attached hydrogens (tertiary/aromatic N) is 1. The van der Waals surface area contributed by atoms with Crippen molar-refractivity contribution in [2.24, 2.45) is 5.41 Å². The van der Waals surface area contributed by atoms with Crippen LogP contribution in [0.5, 0.6) is 5.75 Å². The number of nitrogens with one attached hydrogen (secondary N) is 1. The van der Waals surface area contributed by atoms with Gasteiger partial charge in [-0.15, -0.1) is 0 Å². The van der Waals surface area contributed by atoms with Crippen LogP contribution < -0.4 is 10.1 Å². The molecule has 0 radical (unpaired) electrons. The normalized spacial score (nSPS) is 19.0. The van der Waals surface area contributed by atoms with Crippen molar-refractivity contribution in [2.45, 2.75) is 61.3 Å². The molecule has 2 aliphatic rings. The molecule has 5 rings (SSSR count). The van der Waals surface area contributed by atoms with Crippen molar-refractivity contribution in [3.8, 4) is 22.9 Å². The van der Waals surface area contributed by atoms with E-state index in [0.29, 0.717) is 34.9 Å². The zero-order valence-electron chi connectivity index (χ0n) is 22.1. The second-order valence-corrected chi connectivity index (χ2v) is 12.9. The summed E-state index contributed by atoms with van der Waals surface area (Å²) >= 11 is 0. The van der Waals surface area contributed by atoms with Gasteiger partial charge in [-0.25, -0.2) is 17.2 Å². The Hall–Kier alpha value is -3.78. The summed E-state index contributed by atoms with van der Waals surface area (Å²) in [6, 6.07) is 13.5. The Kier molecular flexibility index (Phi) is 6.73. The third-order valence-corrected chi connectivity index (χ3v) is 9.09. The molecule has 1 heterocycles. The number of carbonyl (C=O) groups is 2. The SMILES string of the molecule is COc1cc(-c2ccc3cc(C(=O)NC4(C(=O)CC5(C#N)CC5)CCC(F)(F)CC4)oc3c2)ccc1S(C)(=O)=O. The summed E-state index contributed by atoms with van der Waals surface area (Å²) in [5.74, 6) is -3.91. The number of halogens is 2. The smallest absolute Gasteiger partial charge is 0.287 e. The summed E-state index contributed by atoms with van der Waals surface area (Å²) in [6.07, 6.45) is 0.641. The minimum atomic E-state index is -3.49. The van der Waals surface area contributed by atoms with Gasteiger partial charge in [-0.05, 0) is 61.1 Å². The highest BCUT2D eigenvalue weighted by Crippen LogP contribution is 2.50. The number of carbonyl (C=O) groups excluding carboxylic acids is 2. The molecule has 0 atom stereocenters. The van der Waals surface area contributed by atoms with Crippen molar-refractivity contribution >= 4 is 32.5 Å². The molecular formula is C29H28F2N2O6S. The van der Waals surface area contributed by atoms with Gasteiger partial charge < -0.3 is 14.5 Å². The van der Waals surface area contributed by atoms with Crippen LogP contribution in [-0.4, -0.2) is 44.9 Å². The molecule has 3 aromatic rings. The number of hydrogen-bond acceptors (Lipinski definition) is 7. The van der Waals surface area contributed by atoms with Crippen molar-refractivity contribution in [1.82, 2.24) is 5.32 Å². The zero-order valence-corrected chi connectivity index (χ0v) is 22.9. The van der Waals surface area contributed by atoms with Crippen LogP contribution in [0.4, 0.5) is 8.78 Å². The second-order valence-electron chi connectivity index (χ2n) is 10.9. The van der Waals surface area contributed by atoms with E-state index in [4.69, 9.17) is 9.15 Å². The predicted molar refractivity (Wildman–Crippen MR) is 142 cm³/mol. The van der Waals surface area contributed by atoms with Crippen molar-refractivity contribution < 1.29 is 35.9 Å². The number of hydrogen-bond donors (Lipinski definition) is 1. The number of furan rings is 1. The Morgan fingerprint density at radius 3 is 2.27 bits per heavy atom. The van der Waals surface area contributed by atoms with E-state index in [-0.39, 0.29) is 35.7 Å². The first kappa shape index (κ1) is 27.8. The highest BCUT2D eigenvalue weighted by atomic mass is 32.2. The summed E-state index contributed by atoms with van der Waals surface area (Å²) < 4.78 is 63.1. The molecule has 0 bridgehead atoms. The first-order chi connectivity index (χ1) is 18.8. The number of alkyl halides is 2. The quantitative estimate of drug-likeness (QED) is 0.381. The molecule has 0 unspecified atom stereocenters. The lowest BCUT2D eigenvalue weighted by atomic mass is 9.74. The molecule has 8 nitrogen and oxygen atoms in total. The zero-order chi connectivity index (χ0) is 28.9. The third-order valence-electron chi connectivity index (χ3n) is 7.95. The molecule has 2 aliphatic carbocycles. The molecule has 0 saturated heterocycles. The van der Waals surface area contributed by atoms with Crippen molar-refractivity contribution in [3.05, 3.63) is 48.2 Å². The molecule has 210 valence electrons. The van der Waals surface area contributed by atoms with Gasteiger partial charge >= 0.3 is 0 Å². The molecule has 40 heavy (non-hydrogen) atoms. The number of methoxy groups -OCH3 is 1. The minimum Gasteiger partial charge on any atom is -0.495 e. The molecule has 2 fully saturated rings. The number of Topliss-reactive ketones (excluding diaryl/α,β-unsaturated/α-hetero) is 1. The Morgan fingerprint density at radius 1 is 1.02 bits per heavy atom. The molecule has 1 N–H and O–H groups in total. The van der Waals surface area contributed by atoms with E-state index in [0.717, 1.165) is 6.26 Å². The number of benzene rings is 2. The topological polar surface area (TPSA) is 126 Å². The fraction of sp³-hybridized carbons (Fsp3) is 0.414. The van der Waals surface area contributed by atoms with Crippen LogP contribution in [0.25, 0.3) is 22.1 Å². The lowest BCUT2D eigenvalue weighted by molar-refractivity contribution is -0.131. The number of fused-ring (bicyclic) bond motifs is 1. The molecule has 11 heteroatoms. The second kappa shape index (κ2) is 9.70. The Bertz CT molecular complexity index is 1660. The number of rotatable bonds is 8. The van der Waals surface area contributed by atoms with Crippen LogP contribution in [-0.2, 0) is 14.6 Å². The molecule has 2 aromatic carbocycles. The van der Waals surface area contributed by atoms with Crippen LogP contribution in [0.2, 0.25) is 0 Å². The van der Waals surface area contributed by atoms with E-state index in [2.05, 4.69) is 11.4 Å². The predicted octanol–water partition coefficient (Wildman–Crippen LogP) is 5.45. The number of sulfone groups is 1. The average molecular weight is 571 g/mol. The summed E-state index contributed by atoms with van der Waals surface area (Å²) in [7, 11) is -2.11. The van der Waals surface area contributed by atoms with Gasteiger partial charge in [0.1, 0.15) is 16.2 Å². The van der Waals surface area contributed by atoms with Gasteiger partial charge in [-0.1, -0.05) is 18.2 Å². The molecule has 1 amide bonds. The first-order valence-corrected chi connectivity index (χ1v) is 14.7. The number of nitriles is 1. The summed E-state index contributed by atoms with van der Waals surface area (Å²) in [4.78, 5) is 26.7. The standard InChI is InChI=1S/C29H28F2N2O6S/c1-38-22-14-19(5-6-24(22)40(2,36)37)18-3-4-20-15-23(39-21(20)13-18)26(35)33-28(9-11-29(30,31)12-10-28)25(34)16-27(17-32)7-8-27/h3-6,13-15H,7-12,16H2,1-2H3,(H,33,35). The van der Waals surface area contributed by atoms with Gasteiger partial charge in [0.2, 0.25) is 5.92 Å². The minimum absolute atomic E-state index is 0.0584. The Morgan fingerprint density at radius 2 is 1.68 bits per heavy atom. The maximum atomic E-state index is 14.0. The first-order valence-electron chi connectivity index (χ1n) is 12.9. The van der Waals surface area contributed by atoms with Gasteiger partial charge in [-0.2, -0.15) is 5.26 Å². The third kappa shape index (κ3) is 5.32. The number of amides is 1. The van der Waals surface area contributed by atoms with E-state index in [1.165, 1.54) is 19.2 Å². The fourth-order valence-corrected chi connectivity index (χ4v) is 6.05. The number of ether oxygens (including phenoxy) is 1. The molecule has 0 spiro atoms. The van der Waals surface area contributed by atoms with Gasteiger partial charge in [0, 0.05) is 30.9 Å². The largest absolute Gasteiger partial charge is 0.495 e. The van der Waals surface area contributed by atoms with Crippen molar-refractivity contribution in [1.29, 1.82) is 5.26 Å². The van der Waals surface area contributed by atoms with E-state index in [1.54, 1.807) is 30.3 Å². The summed E-state index contributed by atoms with van der Waals surface area (Å²) in [6.45, 7) is 0. The molecular weight excluding hydrogens is 542 g/mol. The lowest BCUT2D eigenvalue weighted by Crippen LogP contribution is -2.58. The van der Waals surface area contributed by atoms with Crippen molar-refractivity contribution in [2.75, 3.05) is 13.4 Å². The summed E-state index contributed by atoms with van der Waals surface area (Å²) in [5, 5.41) is 12.7. The number of ketones is 1. The van der Waals surface area contributed by atoms with E-state index in [9.17, 15) is 32.0 Å². The highest BCUT2D eigenvalue weighted by Gasteiger charge is 2.53. The molecule has 1 aromatic heterocycles. The maximum absolute atomic E-state index is 14.0. The molecule has 2 saturated carbocycles. The van der Waals surface area contributed by atoms with Crippen molar-refractivity contribution in [3.63, 3.8) is 0 Å². The van der Waals surface area contributed by atoms with Crippen LogP contribution in [0.1, 0.15) is 55.5 Å². The van der Waals surface area contributed by atoms with E-state index < -0.39 is 51.2 Å². The summed E-state index contributed by atoms with van der Waals surface area (Å²) in [5.41, 5.74) is -0.557. The highest BCUT2D eigenvalue weighted by molar-refractivity contribution is 7.90. The van der Waals surface area contributed by atoms with Crippen LogP contribution in [0.15, 0.2) is 51.8 Å². The van der Waals surface area contributed by atoms with Gasteiger partial charge in [-0.3, -0.25) is 9.59 Å². The lowest BCUT2D eigenvalue weighted by Gasteiger charge is -2.39. The fourth-order valence-electron chi connectivity index (χ4n) is 5.23. The van der Waals surface area contributed by atoms with Gasteiger partial charge in [0.15, 0.2) is 21.4 Å². The van der Waals surface area contributed by atoms with Crippen LogP contribution >= 0.6 is 0 Å². The van der Waals surface area contributed by atoms with Gasteiger partial charge in [0.05, 0.1) is 24.1 Å². The Balaban J connectivity index is 1.41. The average Bonchev–Trinajstić information content (AvgIpc) is 3.55. The monoisotopic (exact) mass is 570 g/mol. The van der Waals surface area contributed by atoms with Crippen LogP contribution in [0.3, 0.4) is 0 Å². The van der Waals surface area contributed by atoms with Gasteiger partial charge in [0.25, 0.3) is 5.91 Å². The van der Waals surface area contributed by atoms with E-state index in [1.807, 2.05) is 0 Å². The maximum Gasteiger partial charge on any atom is 0.287 e. The van der Waals surface area contributed by atoms with Crippen LogP contribution in [0, 0.1) is 16.7 Å². The Labute approximate surface area is 230 Å².